The number of benzene rings is 2. The molecule has 0 fully saturated rings. The summed E-state index contributed by atoms with van der Waals surface area (Å²) >= 11 is 1.18. The number of nitrogens with zero attached hydrogens (tertiary/aromatic N) is 2. The van der Waals surface area contributed by atoms with Crippen molar-refractivity contribution in [2.45, 2.75) is 19.6 Å². The second-order valence-electron chi connectivity index (χ2n) is 8.41. The molecule has 192 valence electrons. The van der Waals surface area contributed by atoms with E-state index < -0.39 is 23.0 Å². The first-order valence-corrected chi connectivity index (χ1v) is 12.4. The van der Waals surface area contributed by atoms with Gasteiger partial charge in [-0.3, -0.25) is 23.5 Å². The Balaban J connectivity index is 1.36. The smallest absolute Gasteiger partial charge is 0.332 e. The first-order chi connectivity index (χ1) is 18.4. The Labute approximate surface area is 218 Å². The number of anilines is 1. The third-order valence-corrected chi connectivity index (χ3v) is 6.72. The van der Waals surface area contributed by atoms with Gasteiger partial charge in [0.2, 0.25) is 5.91 Å². The minimum Gasteiger partial charge on any atom is -0.467 e. The zero-order chi connectivity index (χ0) is 26.6. The number of aromatic nitrogens is 2. The number of carbonyl (C=O) groups is 2. The number of hydrogen-bond acceptors (Lipinski definition) is 6. The Morgan fingerprint density at radius 2 is 1.71 bits per heavy atom. The van der Waals surface area contributed by atoms with Gasteiger partial charge in [0.1, 0.15) is 22.8 Å². The topological polar surface area (TPSA) is 115 Å². The highest BCUT2D eigenvalue weighted by Crippen LogP contribution is 2.16. The summed E-state index contributed by atoms with van der Waals surface area (Å²) in [5.74, 6) is -0.601. The summed E-state index contributed by atoms with van der Waals surface area (Å²) < 4.78 is 21.0. The van der Waals surface area contributed by atoms with E-state index >= 15 is 0 Å². The first-order valence-electron chi connectivity index (χ1n) is 11.5. The molecule has 2 amide bonds. The SMILES string of the molecule is O=C(Cn1c(=O)n(Cc2ccc(C(=O)NCc3ccco3)cc2)c(=O)c2sccc21)Nc1ccc(F)cc1. The fourth-order valence-electron chi connectivity index (χ4n) is 3.93. The van der Waals surface area contributed by atoms with Gasteiger partial charge in [-0.25, -0.2) is 9.18 Å². The van der Waals surface area contributed by atoms with Crippen molar-refractivity contribution < 1.29 is 18.4 Å². The van der Waals surface area contributed by atoms with Gasteiger partial charge in [-0.2, -0.15) is 0 Å². The minimum absolute atomic E-state index is 0.0423. The van der Waals surface area contributed by atoms with Gasteiger partial charge < -0.3 is 15.1 Å². The van der Waals surface area contributed by atoms with E-state index in [4.69, 9.17) is 4.42 Å². The highest BCUT2D eigenvalue weighted by molar-refractivity contribution is 7.17. The number of nitrogens with one attached hydrogen (secondary N) is 2. The van der Waals surface area contributed by atoms with Gasteiger partial charge in [-0.1, -0.05) is 12.1 Å². The van der Waals surface area contributed by atoms with Crippen LogP contribution in [0, 0.1) is 5.82 Å². The summed E-state index contributed by atoms with van der Waals surface area (Å²) in [4.78, 5) is 51.5. The van der Waals surface area contributed by atoms with E-state index in [9.17, 15) is 23.6 Å². The van der Waals surface area contributed by atoms with Gasteiger partial charge in [0.05, 0.1) is 24.9 Å². The summed E-state index contributed by atoms with van der Waals surface area (Å²) in [5.41, 5.74) is 0.679. The van der Waals surface area contributed by atoms with E-state index in [-0.39, 0.29) is 25.5 Å². The molecule has 5 aromatic rings. The molecule has 0 saturated carbocycles. The highest BCUT2D eigenvalue weighted by atomic mass is 32.1. The third kappa shape index (κ3) is 5.32. The van der Waals surface area contributed by atoms with Crippen LogP contribution in [-0.2, 0) is 24.4 Å². The van der Waals surface area contributed by atoms with Gasteiger partial charge in [-0.05, 0) is 65.5 Å². The summed E-state index contributed by atoms with van der Waals surface area (Å²) in [6, 6.07) is 16.9. The second kappa shape index (κ2) is 10.7. The molecular formula is C27H21FN4O5S. The predicted octanol–water partition coefficient (Wildman–Crippen LogP) is 3.57. The molecule has 0 unspecified atom stereocenters. The number of carbonyl (C=O) groups excluding carboxylic acids is 2. The molecule has 0 aliphatic carbocycles. The summed E-state index contributed by atoms with van der Waals surface area (Å²) in [6.07, 6.45) is 1.53. The van der Waals surface area contributed by atoms with Gasteiger partial charge in [-0.15, -0.1) is 11.3 Å². The van der Waals surface area contributed by atoms with E-state index in [0.29, 0.717) is 32.8 Å². The highest BCUT2D eigenvalue weighted by Gasteiger charge is 2.17. The molecule has 0 radical (unpaired) electrons. The van der Waals surface area contributed by atoms with E-state index in [1.807, 2.05) is 0 Å². The number of amides is 2. The average molecular weight is 533 g/mol. The summed E-state index contributed by atoms with van der Waals surface area (Å²) in [6.45, 7) is -0.129. The lowest BCUT2D eigenvalue weighted by Gasteiger charge is -2.13. The fourth-order valence-corrected chi connectivity index (χ4v) is 4.77. The van der Waals surface area contributed by atoms with Gasteiger partial charge in [0.25, 0.3) is 11.5 Å². The Morgan fingerprint density at radius 3 is 2.42 bits per heavy atom. The Morgan fingerprint density at radius 1 is 0.947 bits per heavy atom. The Kier molecular flexibility index (Phi) is 7.00. The van der Waals surface area contributed by atoms with Crippen molar-refractivity contribution in [3.05, 3.63) is 122 Å². The van der Waals surface area contributed by atoms with Crippen LogP contribution in [0.4, 0.5) is 10.1 Å². The number of hydrogen-bond donors (Lipinski definition) is 2. The van der Waals surface area contributed by atoms with Crippen LogP contribution < -0.4 is 21.9 Å². The summed E-state index contributed by atoms with van der Waals surface area (Å²) in [7, 11) is 0. The van der Waals surface area contributed by atoms with Crippen molar-refractivity contribution in [3.8, 4) is 0 Å². The van der Waals surface area contributed by atoms with Crippen molar-refractivity contribution in [1.29, 1.82) is 0 Å². The lowest BCUT2D eigenvalue weighted by Crippen LogP contribution is -2.41. The maximum atomic E-state index is 13.3. The van der Waals surface area contributed by atoms with Crippen LogP contribution in [0.25, 0.3) is 10.2 Å². The summed E-state index contributed by atoms with van der Waals surface area (Å²) in [5, 5.41) is 7.06. The molecule has 38 heavy (non-hydrogen) atoms. The van der Waals surface area contributed by atoms with Crippen LogP contribution in [-0.4, -0.2) is 20.9 Å². The largest absolute Gasteiger partial charge is 0.467 e. The molecule has 3 heterocycles. The fraction of sp³-hybridized carbons (Fsp3) is 0.111. The monoisotopic (exact) mass is 532 g/mol. The molecule has 2 N–H and O–H groups in total. The Hall–Kier alpha value is -4.77. The first kappa shape index (κ1) is 24.9. The molecule has 11 heteroatoms. The minimum atomic E-state index is -0.643. The van der Waals surface area contributed by atoms with Gasteiger partial charge in [0, 0.05) is 11.3 Å². The maximum absolute atomic E-state index is 13.3. The molecule has 0 atom stereocenters. The van der Waals surface area contributed by atoms with E-state index in [0.717, 1.165) is 4.57 Å². The van der Waals surface area contributed by atoms with Crippen LogP contribution >= 0.6 is 11.3 Å². The average Bonchev–Trinajstić information content (AvgIpc) is 3.62. The number of rotatable bonds is 8. The van der Waals surface area contributed by atoms with E-state index in [1.54, 1.807) is 47.8 Å². The quantitative estimate of drug-likeness (QED) is 0.317. The zero-order valence-electron chi connectivity index (χ0n) is 19.8. The number of fused-ring (bicyclic) bond motifs is 1. The van der Waals surface area contributed by atoms with E-state index in [1.165, 1.54) is 46.4 Å². The maximum Gasteiger partial charge on any atom is 0.332 e. The molecule has 3 aromatic heterocycles. The van der Waals surface area contributed by atoms with Crippen molar-refractivity contribution in [2.75, 3.05) is 5.32 Å². The molecule has 0 bridgehead atoms. The van der Waals surface area contributed by atoms with Crippen LogP contribution in [0.1, 0.15) is 21.7 Å². The normalized spacial score (nSPS) is 11.0. The molecular weight excluding hydrogens is 511 g/mol. The van der Waals surface area contributed by atoms with Crippen molar-refractivity contribution >= 4 is 39.1 Å². The number of furan rings is 1. The van der Waals surface area contributed by atoms with Gasteiger partial charge in [0.15, 0.2) is 0 Å². The standard InChI is InChI=1S/C27H21FN4O5S/c28-19-7-9-20(10-8-19)30-23(33)16-31-22-11-13-38-24(22)26(35)32(27(31)36)15-17-3-5-18(6-4-17)25(34)29-14-21-2-1-12-37-21/h1-13H,14-16H2,(H,29,34)(H,30,33). The van der Waals surface area contributed by atoms with Crippen LogP contribution in [0.5, 0.6) is 0 Å². The Bertz CT molecular complexity index is 1720. The lowest BCUT2D eigenvalue weighted by atomic mass is 10.1. The molecule has 0 aliphatic rings. The molecule has 0 spiro atoms. The number of halogens is 1. The molecule has 9 nitrogen and oxygen atoms in total. The van der Waals surface area contributed by atoms with E-state index in [2.05, 4.69) is 10.6 Å². The molecule has 0 aliphatic heterocycles. The lowest BCUT2D eigenvalue weighted by molar-refractivity contribution is -0.116. The van der Waals surface area contributed by atoms with Crippen molar-refractivity contribution in [1.82, 2.24) is 14.5 Å². The van der Waals surface area contributed by atoms with Crippen molar-refractivity contribution in [2.24, 2.45) is 0 Å². The van der Waals surface area contributed by atoms with Crippen LogP contribution in [0.2, 0.25) is 0 Å². The van der Waals surface area contributed by atoms with Gasteiger partial charge >= 0.3 is 5.69 Å². The zero-order valence-corrected chi connectivity index (χ0v) is 20.7. The van der Waals surface area contributed by atoms with Crippen molar-refractivity contribution in [3.63, 3.8) is 0 Å². The molecule has 5 rings (SSSR count). The molecule has 0 saturated heterocycles. The number of thiophene rings is 1. The second-order valence-corrected chi connectivity index (χ2v) is 9.33. The van der Waals surface area contributed by atoms with Crippen LogP contribution in [0.3, 0.4) is 0 Å². The molecule has 2 aromatic carbocycles. The predicted molar refractivity (Wildman–Crippen MR) is 141 cm³/mol. The third-order valence-electron chi connectivity index (χ3n) is 5.83. The van der Waals surface area contributed by atoms with Crippen LogP contribution in [0.15, 0.2) is 92.4 Å².